The van der Waals surface area contributed by atoms with Gasteiger partial charge in [0.15, 0.2) is 0 Å². The summed E-state index contributed by atoms with van der Waals surface area (Å²) in [6, 6.07) is 37.6. The first-order chi connectivity index (χ1) is 24.3. The van der Waals surface area contributed by atoms with E-state index in [0.29, 0.717) is 0 Å². The summed E-state index contributed by atoms with van der Waals surface area (Å²) in [4.78, 5) is 0.213. The second-order valence-corrected chi connectivity index (χ2v) is 18.3. The largest absolute Gasteiger partial charge is 0.243 e. The number of hydrogen-bond donors (Lipinski definition) is 0. The van der Waals surface area contributed by atoms with Crippen LogP contribution in [-0.4, -0.2) is 64.3 Å². The SMILES string of the molecule is Cc1ccc(S(=O)(=O)N(CCN(Cc2ccccc2)S(=O)(=O)c2ccc(C)cc2)CCN(Cc2ccccc2)S(=O)(=O)c2ccc(C)cc2)cc1. The molecule has 0 saturated heterocycles. The number of benzene rings is 5. The molecule has 0 spiro atoms. The van der Waals surface area contributed by atoms with E-state index in [0.717, 1.165) is 27.8 Å². The number of hydrogen-bond acceptors (Lipinski definition) is 6. The fourth-order valence-electron chi connectivity index (χ4n) is 5.52. The van der Waals surface area contributed by atoms with E-state index in [2.05, 4.69) is 0 Å². The van der Waals surface area contributed by atoms with Crippen LogP contribution < -0.4 is 0 Å². The van der Waals surface area contributed by atoms with Crippen molar-refractivity contribution >= 4 is 30.1 Å². The molecule has 0 aromatic heterocycles. The first-order valence-electron chi connectivity index (χ1n) is 16.6. The maximum atomic E-state index is 14.3. The minimum atomic E-state index is -4.20. The van der Waals surface area contributed by atoms with E-state index in [1.165, 1.54) is 25.0 Å². The predicted octanol–water partition coefficient (Wildman–Crippen LogP) is 6.38. The van der Waals surface area contributed by atoms with Crippen LogP contribution in [0.2, 0.25) is 0 Å². The van der Waals surface area contributed by atoms with Crippen LogP contribution in [0.4, 0.5) is 0 Å². The topological polar surface area (TPSA) is 112 Å². The van der Waals surface area contributed by atoms with Crippen LogP contribution in [0.25, 0.3) is 0 Å². The smallest absolute Gasteiger partial charge is 0.207 e. The lowest BCUT2D eigenvalue weighted by Gasteiger charge is -2.29. The van der Waals surface area contributed by atoms with Crippen molar-refractivity contribution in [1.82, 2.24) is 12.9 Å². The highest BCUT2D eigenvalue weighted by molar-refractivity contribution is 7.89. The van der Waals surface area contributed by atoms with Gasteiger partial charge in [-0.05, 0) is 68.3 Å². The Bertz CT molecular complexity index is 2090. The molecular formula is C39H43N3O6S3. The van der Waals surface area contributed by atoms with Gasteiger partial charge in [0.1, 0.15) is 0 Å². The summed E-state index contributed by atoms with van der Waals surface area (Å²) in [7, 11) is -12.3. The van der Waals surface area contributed by atoms with Gasteiger partial charge in [0.25, 0.3) is 0 Å². The second kappa shape index (κ2) is 16.4. The normalized spacial score (nSPS) is 12.5. The highest BCUT2D eigenvalue weighted by Gasteiger charge is 2.32. The zero-order chi connectivity index (χ0) is 36.6. The van der Waals surface area contributed by atoms with Gasteiger partial charge in [-0.2, -0.15) is 12.9 Å². The second-order valence-electron chi connectivity index (χ2n) is 12.5. The molecule has 5 aromatic carbocycles. The fraction of sp³-hybridized carbons (Fsp3) is 0.231. The Kier molecular flexibility index (Phi) is 12.3. The molecule has 12 heteroatoms. The molecule has 0 saturated carbocycles. The van der Waals surface area contributed by atoms with Gasteiger partial charge in [-0.1, -0.05) is 114 Å². The summed E-state index contributed by atoms with van der Waals surface area (Å²) in [5.74, 6) is 0. The van der Waals surface area contributed by atoms with Crippen molar-refractivity contribution in [3.05, 3.63) is 161 Å². The fourth-order valence-corrected chi connectivity index (χ4v) is 9.78. The summed E-state index contributed by atoms with van der Waals surface area (Å²) < 4.78 is 88.6. The molecule has 0 N–H and O–H groups in total. The van der Waals surface area contributed by atoms with Crippen LogP contribution >= 0.6 is 0 Å². The molecule has 0 bridgehead atoms. The van der Waals surface area contributed by atoms with Gasteiger partial charge < -0.3 is 0 Å². The van der Waals surface area contributed by atoms with Gasteiger partial charge in [0.2, 0.25) is 30.1 Å². The van der Waals surface area contributed by atoms with E-state index in [4.69, 9.17) is 0 Å². The highest BCUT2D eigenvalue weighted by atomic mass is 32.2. The first-order valence-corrected chi connectivity index (χ1v) is 20.9. The van der Waals surface area contributed by atoms with Crippen LogP contribution in [-0.2, 0) is 43.2 Å². The monoisotopic (exact) mass is 745 g/mol. The highest BCUT2D eigenvalue weighted by Crippen LogP contribution is 2.24. The van der Waals surface area contributed by atoms with E-state index < -0.39 is 30.1 Å². The van der Waals surface area contributed by atoms with Crippen LogP contribution in [0.1, 0.15) is 27.8 Å². The molecule has 0 unspecified atom stereocenters. The molecule has 9 nitrogen and oxygen atoms in total. The van der Waals surface area contributed by atoms with Crippen LogP contribution in [0.3, 0.4) is 0 Å². The number of sulfonamides is 3. The van der Waals surface area contributed by atoms with Gasteiger partial charge >= 0.3 is 0 Å². The Morgan fingerprint density at radius 3 is 0.902 bits per heavy atom. The molecule has 5 aromatic rings. The number of nitrogens with zero attached hydrogens (tertiary/aromatic N) is 3. The molecular weight excluding hydrogens is 703 g/mol. The Hall–Kier alpha value is -4.17. The van der Waals surface area contributed by atoms with Crippen molar-refractivity contribution in [3.8, 4) is 0 Å². The molecule has 0 aliphatic rings. The summed E-state index contributed by atoms with van der Waals surface area (Å²) >= 11 is 0. The molecule has 0 amide bonds. The van der Waals surface area contributed by atoms with Crippen LogP contribution in [0, 0.1) is 20.8 Å². The van der Waals surface area contributed by atoms with Crippen molar-refractivity contribution in [2.45, 2.75) is 48.5 Å². The predicted molar refractivity (Wildman–Crippen MR) is 200 cm³/mol. The van der Waals surface area contributed by atoms with E-state index >= 15 is 0 Å². The Labute approximate surface area is 303 Å². The summed E-state index contributed by atoms with van der Waals surface area (Å²) in [6.07, 6.45) is 0. The van der Waals surface area contributed by atoms with Crippen molar-refractivity contribution in [3.63, 3.8) is 0 Å². The van der Waals surface area contributed by atoms with E-state index in [1.807, 2.05) is 81.4 Å². The van der Waals surface area contributed by atoms with Gasteiger partial charge in [-0.15, -0.1) is 0 Å². The Morgan fingerprint density at radius 1 is 0.353 bits per heavy atom. The number of aryl methyl sites for hydroxylation is 3. The number of rotatable bonds is 16. The average molecular weight is 746 g/mol. The Balaban J connectivity index is 1.51. The minimum Gasteiger partial charge on any atom is -0.207 e. The van der Waals surface area contributed by atoms with Gasteiger partial charge in [-0.25, -0.2) is 25.3 Å². The van der Waals surface area contributed by atoms with Gasteiger partial charge in [-0.3, -0.25) is 0 Å². The van der Waals surface area contributed by atoms with E-state index in [9.17, 15) is 25.3 Å². The summed E-state index contributed by atoms with van der Waals surface area (Å²) in [5.41, 5.74) is 4.15. The van der Waals surface area contributed by atoms with Gasteiger partial charge in [0.05, 0.1) is 14.7 Å². The molecule has 0 aliphatic carbocycles. The summed E-state index contributed by atoms with van der Waals surface area (Å²) in [5, 5.41) is 0. The maximum absolute atomic E-state index is 14.3. The maximum Gasteiger partial charge on any atom is 0.243 e. The minimum absolute atomic E-state index is 0.0113. The quantitative estimate of drug-likeness (QED) is 0.116. The van der Waals surface area contributed by atoms with Gasteiger partial charge in [0, 0.05) is 39.3 Å². The third-order valence-corrected chi connectivity index (χ3v) is 14.2. The first kappa shape index (κ1) is 38.1. The lowest BCUT2D eigenvalue weighted by Crippen LogP contribution is -2.44. The molecule has 0 aliphatic heterocycles. The van der Waals surface area contributed by atoms with E-state index in [-0.39, 0.29) is 54.0 Å². The molecule has 268 valence electrons. The molecule has 51 heavy (non-hydrogen) atoms. The summed E-state index contributed by atoms with van der Waals surface area (Å²) in [6.45, 7) is 4.80. The zero-order valence-corrected chi connectivity index (χ0v) is 31.4. The third kappa shape index (κ3) is 9.59. The van der Waals surface area contributed by atoms with Crippen molar-refractivity contribution in [1.29, 1.82) is 0 Å². The van der Waals surface area contributed by atoms with Crippen LogP contribution in [0.15, 0.2) is 148 Å². The molecule has 0 fully saturated rings. The van der Waals surface area contributed by atoms with Crippen molar-refractivity contribution < 1.29 is 25.3 Å². The third-order valence-electron chi connectivity index (χ3n) is 8.58. The van der Waals surface area contributed by atoms with Crippen molar-refractivity contribution in [2.24, 2.45) is 0 Å². The standard InChI is InChI=1S/C39H43N3O6S3/c1-32-14-20-37(21-15-32)49(43,44)40(26-28-41(30-35-10-6-4-7-11-35)50(45,46)38-22-16-33(2)17-23-38)27-29-42(31-36-12-8-5-9-13-36)51(47,48)39-24-18-34(3)19-25-39/h4-25H,26-31H2,1-3H3. The Morgan fingerprint density at radius 2 is 0.608 bits per heavy atom. The zero-order valence-electron chi connectivity index (χ0n) is 29.0. The molecule has 0 heterocycles. The van der Waals surface area contributed by atoms with Crippen molar-refractivity contribution in [2.75, 3.05) is 26.2 Å². The van der Waals surface area contributed by atoms with E-state index in [1.54, 1.807) is 60.7 Å². The molecule has 0 radical (unpaired) electrons. The molecule has 5 rings (SSSR count). The lowest BCUT2D eigenvalue weighted by molar-refractivity contribution is 0.311. The molecule has 0 atom stereocenters. The average Bonchev–Trinajstić information content (AvgIpc) is 3.11. The lowest BCUT2D eigenvalue weighted by atomic mass is 10.2. The van der Waals surface area contributed by atoms with Crippen LogP contribution in [0.5, 0.6) is 0 Å².